The molecule has 0 aromatic heterocycles. The third-order valence-electron chi connectivity index (χ3n) is 3.37. The van der Waals surface area contributed by atoms with Gasteiger partial charge in [0.25, 0.3) is 0 Å². The topological polar surface area (TPSA) is 50.4 Å². The lowest BCUT2D eigenvalue weighted by atomic mass is 10.1. The van der Waals surface area contributed by atoms with Gasteiger partial charge in [-0.2, -0.15) is 0 Å². The Hall–Kier alpha value is -0.610. The van der Waals surface area contributed by atoms with Crippen molar-refractivity contribution in [2.75, 3.05) is 26.7 Å². The monoisotopic (exact) mass is 212 g/mol. The third kappa shape index (κ3) is 2.69. The van der Waals surface area contributed by atoms with Crippen LogP contribution in [-0.2, 0) is 9.53 Å². The van der Waals surface area contributed by atoms with Crippen molar-refractivity contribution in [2.45, 2.75) is 31.8 Å². The number of carbonyl (C=O) groups is 1. The molecule has 0 spiro atoms. The maximum Gasteiger partial charge on any atom is 0.249 e. The summed E-state index contributed by atoms with van der Waals surface area (Å²) in [4.78, 5) is 11.7. The van der Waals surface area contributed by atoms with E-state index in [4.69, 9.17) is 4.74 Å². The van der Waals surface area contributed by atoms with E-state index < -0.39 is 0 Å². The van der Waals surface area contributed by atoms with Gasteiger partial charge >= 0.3 is 0 Å². The molecule has 1 heterocycles. The summed E-state index contributed by atoms with van der Waals surface area (Å²) < 4.78 is 5.33. The number of hydrogen-bond donors (Lipinski definition) is 2. The van der Waals surface area contributed by atoms with Crippen LogP contribution in [0.4, 0.5) is 0 Å². The van der Waals surface area contributed by atoms with Crippen molar-refractivity contribution in [1.82, 2.24) is 10.6 Å². The van der Waals surface area contributed by atoms with E-state index in [1.807, 2.05) is 7.05 Å². The lowest BCUT2D eigenvalue weighted by Crippen LogP contribution is -2.40. The fraction of sp³-hybridized carbons (Fsp3) is 0.909. The number of rotatable bonds is 5. The van der Waals surface area contributed by atoms with Gasteiger partial charge in [0.1, 0.15) is 6.10 Å². The Morgan fingerprint density at radius 2 is 2.27 bits per heavy atom. The van der Waals surface area contributed by atoms with Crippen LogP contribution in [0.3, 0.4) is 0 Å². The predicted molar refractivity (Wildman–Crippen MR) is 57.6 cm³/mol. The van der Waals surface area contributed by atoms with Crippen LogP contribution in [0, 0.1) is 5.41 Å². The van der Waals surface area contributed by atoms with Crippen LogP contribution in [0.1, 0.15) is 25.7 Å². The number of hydrogen-bond acceptors (Lipinski definition) is 3. The standard InChI is InChI=1S/C11H20N2O2/c1-12-7-11(4-5-11)8-13-10(14)9-3-2-6-15-9/h9,12H,2-8H2,1H3,(H,13,14). The molecule has 2 rings (SSSR count). The average Bonchev–Trinajstić information content (AvgIpc) is 2.81. The molecule has 2 fully saturated rings. The summed E-state index contributed by atoms with van der Waals surface area (Å²) in [5, 5.41) is 6.19. The second kappa shape index (κ2) is 4.49. The summed E-state index contributed by atoms with van der Waals surface area (Å²) in [5.41, 5.74) is 0.336. The van der Waals surface area contributed by atoms with E-state index in [9.17, 15) is 4.79 Å². The summed E-state index contributed by atoms with van der Waals surface area (Å²) >= 11 is 0. The molecule has 4 heteroatoms. The Morgan fingerprint density at radius 1 is 1.47 bits per heavy atom. The maximum atomic E-state index is 11.7. The van der Waals surface area contributed by atoms with E-state index in [0.29, 0.717) is 5.41 Å². The first-order valence-electron chi connectivity index (χ1n) is 5.80. The van der Waals surface area contributed by atoms with Crippen molar-refractivity contribution in [3.05, 3.63) is 0 Å². The van der Waals surface area contributed by atoms with Gasteiger partial charge in [0.05, 0.1) is 0 Å². The SMILES string of the molecule is CNCC1(CNC(=O)C2CCCO2)CC1. The van der Waals surface area contributed by atoms with Crippen LogP contribution in [0.2, 0.25) is 0 Å². The van der Waals surface area contributed by atoms with Crippen molar-refractivity contribution < 1.29 is 9.53 Å². The van der Waals surface area contributed by atoms with Crippen molar-refractivity contribution in [1.29, 1.82) is 0 Å². The number of amides is 1. The van der Waals surface area contributed by atoms with Crippen molar-refractivity contribution in [3.8, 4) is 0 Å². The van der Waals surface area contributed by atoms with E-state index >= 15 is 0 Å². The molecule has 1 atom stereocenters. The largest absolute Gasteiger partial charge is 0.368 e. The highest BCUT2D eigenvalue weighted by molar-refractivity contribution is 5.81. The zero-order chi connectivity index (χ0) is 10.7. The van der Waals surface area contributed by atoms with E-state index in [1.54, 1.807) is 0 Å². The number of nitrogens with one attached hydrogen (secondary N) is 2. The predicted octanol–water partition coefficient (Wildman–Crippen LogP) is 0.281. The first-order valence-corrected chi connectivity index (χ1v) is 5.80. The van der Waals surface area contributed by atoms with Gasteiger partial charge in [-0.25, -0.2) is 0 Å². The minimum atomic E-state index is -0.185. The molecule has 2 aliphatic rings. The van der Waals surface area contributed by atoms with Crippen LogP contribution < -0.4 is 10.6 Å². The number of ether oxygens (including phenoxy) is 1. The molecule has 0 bridgehead atoms. The molecule has 0 radical (unpaired) electrons. The van der Waals surface area contributed by atoms with E-state index in [-0.39, 0.29) is 12.0 Å². The van der Waals surface area contributed by atoms with Gasteiger partial charge in [0, 0.05) is 25.1 Å². The van der Waals surface area contributed by atoms with Crippen molar-refractivity contribution >= 4 is 5.91 Å². The molecule has 1 aliphatic carbocycles. The van der Waals surface area contributed by atoms with Crippen LogP contribution in [0.25, 0.3) is 0 Å². The highest BCUT2D eigenvalue weighted by Crippen LogP contribution is 2.44. The Morgan fingerprint density at radius 3 is 2.80 bits per heavy atom. The summed E-state index contributed by atoms with van der Waals surface area (Å²) in [6, 6.07) is 0. The molecular weight excluding hydrogens is 192 g/mol. The van der Waals surface area contributed by atoms with E-state index in [1.165, 1.54) is 12.8 Å². The van der Waals surface area contributed by atoms with Gasteiger partial charge < -0.3 is 15.4 Å². The highest BCUT2D eigenvalue weighted by Gasteiger charge is 2.42. The van der Waals surface area contributed by atoms with Crippen LogP contribution >= 0.6 is 0 Å². The van der Waals surface area contributed by atoms with Gasteiger partial charge in [0.2, 0.25) is 5.91 Å². The maximum absolute atomic E-state index is 11.7. The summed E-state index contributed by atoms with van der Waals surface area (Å²) in [5.74, 6) is 0.0786. The molecule has 86 valence electrons. The van der Waals surface area contributed by atoms with Crippen LogP contribution in [0.15, 0.2) is 0 Å². The molecule has 0 aromatic carbocycles. The van der Waals surface area contributed by atoms with Crippen LogP contribution in [-0.4, -0.2) is 38.8 Å². The quantitative estimate of drug-likeness (QED) is 0.688. The minimum Gasteiger partial charge on any atom is -0.368 e. The first-order chi connectivity index (χ1) is 7.26. The average molecular weight is 212 g/mol. The Balaban J connectivity index is 1.70. The first kappa shape index (κ1) is 10.9. The molecule has 1 unspecified atom stereocenters. The molecule has 2 N–H and O–H groups in total. The van der Waals surface area contributed by atoms with Crippen LogP contribution in [0.5, 0.6) is 0 Å². The highest BCUT2D eigenvalue weighted by atomic mass is 16.5. The molecule has 1 aliphatic heterocycles. The molecule has 15 heavy (non-hydrogen) atoms. The van der Waals surface area contributed by atoms with Gasteiger partial charge in [-0.15, -0.1) is 0 Å². The van der Waals surface area contributed by atoms with E-state index in [2.05, 4.69) is 10.6 Å². The summed E-state index contributed by atoms with van der Waals surface area (Å²) in [7, 11) is 1.96. The second-order valence-corrected chi connectivity index (χ2v) is 4.75. The van der Waals surface area contributed by atoms with Crippen molar-refractivity contribution in [3.63, 3.8) is 0 Å². The molecule has 0 aromatic rings. The zero-order valence-electron chi connectivity index (χ0n) is 9.34. The lowest BCUT2D eigenvalue weighted by Gasteiger charge is -2.17. The molecule has 1 saturated heterocycles. The summed E-state index contributed by atoms with van der Waals surface area (Å²) in [6.07, 6.45) is 4.15. The smallest absolute Gasteiger partial charge is 0.249 e. The minimum absolute atomic E-state index is 0.0786. The summed E-state index contributed by atoms with van der Waals surface area (Å²) in [6.45, 7) is 2.53. The van der Waals surface area contributed by atoms with Crippen molar-refractivity contribution in [2.24, 2.45) is 5.41 Å². The second-order valence-electron chi connectivity index (χ2n) is 4.75. The van der Waals surface area contributed by atoms with Gasteiger partial charge in [-0.05, 0) is 32.7 Å². The van der Waals surface area contributed by atoms with Gasteiger partial charge in [-0.1, -0.05) is 0 Å². The fourth-order valence-electron chi connectivity index (χ4n) is 2.14. The number of carbonyl (C=O) groups excluding carboxylic acids is 1. The molecule has 1 amide bonds. The fourth-order valence-corrected chi connectivity index (χ4v) is 2.14. The molecule has 4 nitrogen and oxygen atoms in total. The van der Waals surface area contributed by atoms with Gasteiger partial charge in [-0.3, -0.25) is 4.79 Å². The lowest BCUT2D eigenvalue weighted by molar-refractivity contribution is -0.130. The molecular formula is C11H20N2O2. The Bertz CT molecular complexity index is 233. The zero-order valence-corrected chi connectivity index (χ0v) is 9.34. The molecule has 1 saturated carbocycles. The Kier molecular flexibility index (Phi) is 3.26. The van der Waals surface area contributed by atoms with E-state index in [0.717, 1.165) is 32.5 Å². The third-order valence-corrected chi connectivity index (χ3v) is 3.37. The van der Waals surface area contributed by atoms with Gasteiger partial charge in [0.15, 0.2) is 0 Å². The Labute approximate surface area is 90.8 Å². The normalized spacial score (nSPS) is 27.7.